The Morgan fingerprint density at radius 3 is 2.60 bits per heavy atom. The van der Waals surface area contributed by atoms with Gasteiger partial charge < -0.3 is 15.8 Å². The number of rotatable bonds is 7. The summed E-state index contributed by atoms with van der Waals surface area (Å²) >= 11 is 0. The van der Waals surface area contributed by atoms with Gasteiger partial charge in [-0.15, -0.1) is 0 Å². The molecule has 20 heavy (non-hydrogen) atoms. The SMILES string of the molecule is Cc1cc(C(C)N)ccc1OCC(=O)NCCC(C)C. The third-order valence-electron chi connectivity index (χ3n) is 3.13. The second-order valence-corrected chi connectivity index (χ2v) is 5.63. The number of ether oxygens (including phenoxy) is 1. The number of carbonyl (C=O) groups excluding carboxylic acids is 1. The Morgan fingerprint density at radius 2 is 2.05 bits per heavy atom. The summed E-state index contributed by atoms with van der Waals surface area (Å²) < 4.78 is 5.54. The molecule has 1 rings (SSSR count). The molecule has 0 bridgehead atoms. The number of hydrogen-bond acceptors (Lipinski definition) is 3. The predicted molar refractivity (Wildman–Crippen MR) is 81.7 cm³/mol. The van der Waals surface area contributed by atoms with Gasteiger partial charge in [-0.05, 0) is 43.4 Å². The first kappa shape index (κ1) is 16.5. The summed E-state index contributed by atoms with van der Waals surface area (Å²) in [5, 5.41) is 2.85. The molecule has 112 valence electrons. The monoisotopic (exact) mass is 278 g/mol. The Bertz CT molecular complexity index is 442. The van der Waals surface area contributed by atoms with Gasteiger partial charge in [0.2, 0.25) is 0 Å². The van der Waals surface area contributed by atoms with Gasteiger partial charge in [-0.25, -0.2) is 0 Å². The number of carbonyl (C=O) groups is 1. The van der Waals surface area contributed by atoms with Crippen LogP contribution in [0.5, 0.6) is 5.75 Å². The van der Waals surface area contributed by atoms with E-state index >= 15 is 0 Å². The minimum absolute atomic E-state index is 0.00193. The van der Waals surface area contributed by atoms with Crippen molar-refractivity contribution < 1.29 is 9.53 Å². The summed E-state index contributed by atoms with van der Waals surface area (Å²) in [6, 6.07) is 5.80. The van der Waals surface area contributed by atoms with Gasteiger partial charge in [-0.3, -0.25) is 4.79 Å². The summed E-state index contributed by atoms with van der Waals surface area (Å²) in [6.45, 7) is 8.91. The lowest BCUT2D eigenvalue weighted by Crippen LogP contribution is -2.30. The van der Waals surface area contributed by atoms with E-state index in [0.717, 1.165) is 23.3 Å². The van der Waals surface area contributed by atoms with Crippen molar-refractivity contribution in [3.8, 4) is 5.75 Å². The molecule has 0 aliphatic heterocycles. The maximum atomic E-state index is 11.6. The Morgan fingerprint density at radius 1 is 1.35 bits per heavy atom. The molecule has 0 saturated carbocycles. The number of hydrogen-bond donors (Lipinski definition) is 2. The number of nitrogens with two attached hydrogens (primary N) is 1. The van der Waals surface area contributed by atoms with E-state index in [0.29, 0.717) is 12.5 Å². The third kappa shape index (κ3) is 5.61. The van der Waals surface area contributed by atoms with E-state index in [4.69, 9.17) is 10.5 Å². The van der Waals surface area contributed by atoms with E-state index in [1.165, 1.54) is 0 Å². The molecular weight excluding hydrogens is 252 g/mol. The molecule has 0 saturated heterocycles. The molecule has 0 aliphatic rings. The van der Waals surface area contributed by atoms with Crippen LogP contribution in [0, 0.1) is 12.8 Å². The van der Waals surface area contributed by atoms with Gasteiger partial charge in [0, 0.05) is 12.6 Å². The van der Waals surface area contributed by atoms with E-state index in [9.17, 15) is 4.79 Å². The second kappa shape index (κ2) is 7.90. The molecule has 4 nitrogen and oxygen atoms in total. The maximum absolute atomic E-state index is 11.6. The first-order chi connectivity index (χ1) is 9.40. The average molecular weight is 278 g/mol. The Hall–Kier alpha value is -1.55. The largest absolute Gasteiger partial charge is 0.484 e. The molecule has 1 amide bonds. The van der Waals surface area contributed by atoms with Crippen LogP contribution in [0.2, 0.25) is 0 Å². The summed E-state index contributed by atoms with van der Waals surface area (Å²) in [5.74, 6) is 1.24. The van der Waals surface area contributed by atoms with Gasteiger partial charge >= 0.3 is 0 Å². The Labute approximate surface area is 121 Å². The van der Waals surface area contributed by atoms with Crippen molar-refractivity contribution in [3.63, 3.8) is 0 Å². The molecule has 3 N–H and O–H groups in total. The molecule has 0 aliphatic carbocycles. The topological polar surface area (TPSA) is 64.3 Å². The van der Waals surface area contributed by atoms with Crippen molar-refractivity contribution >= 4 is 5.91 Å². The van der Waals surface area contributed by atoms with E-state index in [-0.39, 0.29) is 18.6 Å². The van der Waals surface area contributed by atoms with Gasteiger partial charge in [0.05, 0.1) is 0 Å². The summed E-state index contributed by atoms with van der Waals surface area (Å²) in [4.78, 5) is 11.6. The van der Waals surface area contributed by atoms with Crippen molar-refractivity contribution in [1.29, 1.82) is 0 Å². The van der Waals surface area contributed by atoms with Gasteiger partial charge in [-0.1, -0.05) is 26.0 Å². The van der Waals surface area contributed by atoms with Crippen molar-refractivity contribution in [2.75, 3.05) is 13.2 Å². The highest BCUT2D eigenvalue weighted by atomic mass is 16.5. The minimum Gasteiger partial charge on any atom is -0.484 e. The third-order valence-corrected chi connectivity index (χ3v) is 3.13. The van der Waals surface area contributed by atoms with Crippen molar-refractivity contribution in [2.45, 2.75) is 40.2 Å². The van der Waals surface area contributed by atoms with Crippen LogP contribution in [0.25, 0.3) is 0 Å². The van der Waals surface area contributed by atoms with Crippen LogP contribution >= 0.6 is 0 Å². The fourth-order valence-electron chi connectivity index (χ4n) is 1.81. The molecule has 0 fully saturated rings. The Kier molecular flexibility index (Phi) is 6.52. The standard InChI is InChI=1S/C16H26N2O2/c1-11(2)7-8-18-16(19)10-20-15-6-5-14(13(4)17)9-12(15)3/h5-6,9,11,13H,7-8,10,17H2,1-4H3,(H,18,19). The van der Waals surface area contributed by atoms with Crippen LogP contribution in [-0.4, -0.2) is 19.1 Å². The van der Waals surface area contributed by atoms with E-state index in [1.54, 1.807) is 0 Å². The summed E-state index contributed by atoms with van der Waals surface area (Å²) in [5.41, 5.74) is 7.89. The van der Waals surface area contributed by atoms with Crippen molar-refractivity contribution in [1.82, 2.24) is 5.32 Å². The van der Waals surface area contributed by atoms with Crippen molar-refractivity contribution in [3.05, 3.63) is 29.3 Å². The van der Waals surface area contributed by atoms with Gasteiger partial charge in [-0.2, -0.15) is 0 Å². The normalized spacial score (nSPS) is 12.3. The number of benzene rings is 1. The van der Waals surface area contributed by atoms with E-state index in [2.05, 4.69) is 19.2 Å². The van der Waals surface area contributed by atoms with Crippen LogP contribution < -0.4 is 15.8 Å². The zero-order valence-corrected chi connectivity index (χ0v) is 12.9. The van der Waals surface area contributed by atoms with Crippen LogP contribution in [-0.2, 0) is 4.79 Å². The Balaban J connectivity index is 2.43. The van der Waals surface area contributed by atoms with Gasteiger partial charge in [0.15, 0.2) is 6.61 Å². The molecule has 1 aromatic carbocycles. The lowest BCUT2D eigenvalue weighted by Gasteiger charge is -2.12. The molecule has 1 aromatic rings. The zero-order valence-electron chi connectivity index (χ0n) is 12.9. The molecule has 1 atom stereocenters. The van der Waals surface area contributed by atoms with E-state index < -0.39 is 0 Å². The lowest BCUT2D eigenvalue weighted by molar-refractivity contribution is -0.123. The fourth-order valence-corrected chi connectivity index (χ4v) is 1.81. The highest BCUT2D eigenvalue weighted by Gasteiger charge is 2.07. The number of amides is 1. The number of aryl methyl sites for hydroxylation is 1. The highest BCUT2D eigenvalue weighted by Crippen LogP contribution is 2.21. The van der Waals surface area contributed by atoms with Crippen LogP contribution in [0.1, 0.15) is 44.4 Å². The van der Waals surface area contributed by atoms with Crippen molar-refractivity contribution in [2.24, 2.45) is 11.7 Å². The highest BCUT2D eigenvalue weighted by molar-refractivity contribution is 5.77. The maximum Gasteiger partial charge on any atom is 0.257 e. The first-order valence-corrected chi connectivity index (χ1v) is 7.15. The van der Waals surface area contributed by atoms with Gasteiger partial charge in [0.25, 0.3) is 5.91 Å². The molecule has 0 heterocycles. The van der Waals surface area contributed by atoms with Crippen LogP contribution in [0.15, 0.2) is 18.2 Å². The minimum atomic E-state index is -0.0821. The molecule has 0 spiro atoms. The fraction of sp³-hybridized carbons (Fsp3) is 0.562. The first-order valence-electron chi connectivity index (χ1n) is 7.15. The molecule has 0 aromatic heterocycles. The molecule has 1 unspecified atom stereocenters. The smallest absolute Gasteiger partial charge is 0.257 e. The van der Waals surface area contributed by atoms with E-state index in [1.807, 2.05) is 32.0 Å². The molecular formula is C16H26N2O2. The second-order valence-electron chi connectivity index (χ2n) is 5.63. The van der Waals surface area contributed by atoms with Crippen LogP contribution in [0.3, 0.4) is 0 Å². The quantitative estimate of drug-likeness (QED) is 0.805. The molecule has 0 radical (unpaired) electrons. The average Bonchev–Trinajstić information content (AvgIpc) is 2.36. The van der Waals surface area contributed by atoms with Gasteiger partial charge in [0.1, 0.15) is 5.75 Å². The zero-order chi connectivity index (χ0) is 15.1. The summed E-state index contributed by atoms with van der Waals surface area (Å²) in [6.07, 6.45) is 0.980. The number of nitrogens with one attached hydrogen (secondary N) is 1. The van der Waals surface area contributed by atoms with Crippen LogP contribution in [0.4, 0.5) is 0 Å². The lowest BCUT2D eigenvalue weighted by atomic mass is 10.1. The summed E-state index contributed by atoms with van der Waals surface area (Å²) in [7, 11) is 0. The predicted octanol–water partition coefficient (Wildman–Crippen LogP) is 2.56. The molecule has 4 heteroatoms.